The van der Waals surface area contributed by atoms with Crippen molar-refractivity contribution in [1.82, 2.24) is 0 Å². The number of para-hydroxylation sites is 1. The van der Waals surface area contributed by atoms with Gasteiger partial charge in [-0.3, -0.25) is 0 Å². The van der Waals surface area contributed by atoms with E-state index in [1.54, 1.807) is 6.26 Å². The Balaban J connectivity index is 1.73. The van der Waals surface area contributed by atoms with Gasteiger partial charge in [0, 0.05) is 18.7 Å². The van der Waals surface area contributed by atoms with E-state index in [0.717, 1.165) is 24.4 Å². The number of rotatable bonds is 5. The van der Waals surface area contributed by atoms with Crippen molar-refractivity contribution in [2.45, 2.75) is 13.0 Å². The van der Waals surface area contributed by atoms with Crippen LogP contribution >= 0.6 is 0 Å². The molecule has 0 aliphatic heterocycles. The summed E-state index contributed by atoms with van der Waals surface area (Å²) in [7, 11) is 0. The molecule has 1 heterocycles. The van der Waals surface area contributed by atoms with Gasteiger partial charge in [-0.15, -0.1) is 0 Å². The van der Waals surface area contributed by atoms with E-state index >= 15 is 0 Å². The quantitative estimate of drug-likeness (QED) is 0.734. The Hall–Kier alpha value is -2.48. The molecule has 0 spiro atoms. The third-order valence-electron chi connectivity index (χ3n) is 3.29. The average Bonchev–Trinajstić information content (AvgIpc) is 3.00. The van der Waals surface area contributed by atoms with Gasteiger partial charge in [0.05, 0.1) is 6.26 Å². The van der Waals surface area contributed by atoms with E-state index in [2.05, 4.69) is 53.8 Å². The molecule has 0 unspecified atom stereocenters. The Morgan fingerprint density at radius 1 is 0.800 bits per heavy atom. The predicted octanol–water partition coefficient (Wildman–Crippen LogP) is 4.48. The minimum Gasteiger partial charge on any atom is -0.469 e. The second kappa shape index (κ2) is 6.11. The second-order valence-corrected chi connectivity index (χ2v) is 4.75. The van der Waals surface area contributed by atoms with Crippen molar-refractivity contribution in [2.75, 3.05) is 5.32 Å². The Kier molecular flexibility index (Phi) is 3.83. The Morgan fingerprint density at radius 3 is 2.40 bits per heavy atom. The summed E-state index contributed by atoms with van der Waals surface area (Å²) in [6.07, 6.45) is 2.53. The van der Waals surface area contributed by atoms with Crippen LogP contribution in [-0.4, -0.2) is 0 Å². The Labute approximate surface area is 119 Å². The number of furan rings is 1. The number of anilines is 1. The highest BCUT2D eigenvalue weighted by Crippen LogP contribution is 2.20. The van der Waals surface area contributed by atoms with Crippen LogP contribution in [0.25, 0.3) is 0 Å². The molecule has 0 fully saturated rings. The van der Waals surface area contributed by atoms with Gasteiger partial charge in [0.2, 0.25) is 0 Å². The zero-order valence-corrected chi connectivity index (χ0v) is 11.3. The van der Waals surface area contributed by atoms with Crippen molar-refractivity contribution in [1.29, 1.82) is 0 Å². The summed E-state index contributed by atoms with van der Waals surface area (Å²) >= 11 is 0. The molecule has 3 aromatic rings. The van der Waals surface area contributed by atoms with Crippen molar-refractivity contribution >= 4 is 5.69 Å². The van der Waals surface area contributed by atoms with Crippen molar-refractivity contribution < 1.29 is 4.42 Å². The summed E-state index contributed by atoms with van der Waals surface area (Å²) in [5.41, 5.74) is 3.69. The molecule has 100 valence electrons. The van der Waals surface area contributed by atoms with Crippen molar-refractivity contribution in [3.05, 3.63) is 89.9 Å². The molecule has 0 radical (unpaired) electrons. The molecule has 2 aromatic carbocycles. The fourth-order valence-electron chi connectivity index (χ4n) is 2.24. The molecule has 0 atom stereocenters. The normalized spacial score (nSPS) is 10.4. The highest BCUT2D eigenvalue weighted by atomic mass is 16.3. The summed E-state index contributed by atoms with van der Waals surface area (Å²) in [6.45, 7) is 0.829. The molecule has 3 rings (SSSR count). The van der Waals surface area contributed by atoms with E-state index in [1.807, 2.05) is 18.2 Å². The van der Waals surface area contributed by atoms with Crippen LogP contribution in [0.2, 0.25) is 0 Å². The lowest BCUT2D eigenvalue weighted by Gasteiger charge is -2.11. The maximum absolute atomic E-state index is 5.43. The van der Waals surface area contributed by atoms with E-state index in [-0.39, 0.29) is 0 Å². The molecule has 2 nitrogen and oxygen atoms in total. The standard InChI is InChI=1S/C18H17NO/c1-2-7-15(8-3-1)14-19-18-11-5-4-9-16(18)13-17-10-6-12-20-17/h1-12,19H,13-14H2. The predicted molar refractivity (Wildman–Crippen MR) is 81.7 cm³/mol. The van der Waals surface area contributed by atoms with Crippen LogP contribution in [0.5, 0.6) is 0 Å². The van der Waals surface area contributed by atoms with Crippen LogP contribution in [0.15, 0.2) is 77.4 Å². The second-order valence-electron chi connectivity index (χ2n) is 4.75. The fourth-order valence-corrected chi connectivity index (χ4v) is 2.24. The van der Waals surface area contributed by atoms with Gasteiger partial charge in [-0.1, -0.05) is 48.5 Å². The zero-order valence-electron chi connectivity index (χ0n) is 11.3. The fraction of sp³-hybridized carbons (Fsp3) is 0.111. The van der Waals surface area contributed by atoms with E-state index in [0.29, 0.717) is 0 Å². The lowest BCUT2D eigenvalue weighted by atomic mass is 10.1. The van der Waals surface area contributed by atoms with Crippen LogP contribution in [-0.2, 0) is 13.0 Å². The van der Waals surface area contributed by atoms with Gasteiger partial charge < -0.3 is 9.73 Å². The van der Waals surface area contributed by atoms with Crippen LogP contribution < -0.4 is 5.32 Å². The van der Waals surface area contributed by atoms with Gasteiger partial charge in [-0.25, -0.2) is 0 Å². The lowest BCUT2D eigenvalue weighted by Crippen LogP contribution is -2.02. The molecule has 0 aliphatic carbocycles. The first kappa shape index (κ1) is 12.5. The summed E-state index contributed by atoms with van der Waals surface area (Å²) < 4.78 is 5.43. The first-order chi connectivity index (χ1) is 9.92. The van der Waals surface area contributed by atoms with Gasteiger partial charge in [-0.05, 0) is 29.3 Å². The van der Waals surface area contributed by atoms with Crippen LogP contribution in [0.1, 0.15) is 16.9 Å². The molecule has 0 bridgehead atoms. The van der Waals surface area contributed by atoms with Crippen molar-refractivity contribution in [3.8, 4) is 0 Å². The maximum Gasteiger partial charge on any atom is 0.108 e. The third kappa shape index (κ3) is 3.09. The molecule has 0 saturated carbocycles. The maximum atomic E-state index is 5.43. The molecule has 0 aliphatic rings. The van der Waals surface area contributed by atoms with Gasteiger partial charge in [0.25, 0.3) is 0 Å². The largest absolute Gasteiger partial charge is 0.469 e. The highest BCUT2D eigenvalue weighted by molar-refractivity contribution is 5.52. The van der Waals surface area contributed by atoms with E-state index in [1.165, 1.54) is 11.1 Å². The van der Waals surface area contributed by atoms with E-state index < -0.39 is 0 Å². The average molecular weight is 263 g/mol. The molecule has 2 heteroatoms. The van der Waals surface area contributed by atoms with Crippen LogP contribution in [0, 0.1) is 0 Å². The first-order valence-electron chi connectivity index (χ1n) is 6.80. The van der Waals surface area contributed by atoms with Crippen LogP contribution in [0.3, 0.4) is 0 Å². The topological polar surface area (TPSA) is 25.2 Å². The molecule has 1 N–H and O–H groups in total. The minimum atomic E-state index is 0.810. The monoisotopic (exact) mass is 263 g/mol. The summed E-state index contributed by atoms with van der Waals surface area (Å²) in [5, 5.41) is 3.50. The van der Waals surface area contributed by atoms with Crippen molar-refractivity contribution in [2.24, 2.45) is 0 Å². The lowest BCUT2D eigenvalue weighted by molar-refractivity contribution is 0.521. The molecular formula is C18H17NO. The first-order valence-corrected chi connectivity index (χ1v) is 6.80. The minimum absolute atomic E-state index is 0.810. The number of nitrogens with one attached hydrogen (secondary N) is 1. The van der Waals surface area contributed by atoms with Gasteiger partial charge in [0.15, 0.2) is 0 Å². The van der Waals surface area contributed by atoms with Crippen LogP contribution in [0.4, 0.5) is 5.69 Å². The summed E-state index contributed by atoms with van der Waals surface area (Å²) in [5.74, 6) is 0.985. The molecule has 1 aromatic heterocycles. The third-order valence-corrected chi connectivity index (χ3v) is 3.29. The zero-order chi connectivity index (χ0) is 13.6. The summed E-state index contributed by atoms with van der Waals surface area (Å²) in [6, 6.07) is 22.7. The smallest absolute Gasteiger partial charge is 0.108 e. The molecular weight excluding hydrogens is 246 g/mol. The van der Waals surface area contributed by atoms with Gasteiger partial charge >= 0.3 is 0 Å². The van der Waals surface area contributed by atoms with E-state index in [4.69, 9.17) is 4.42 Å². The summed E-state index contributed by atoms with van der Waals surface area (Å²) in [4.78, 5) is 0. The SMILES string of the molecule is c1ccc(CNc2ccccc2Cc2ccco2)cc1. The van der Waals surface area contributed by atoms with Crippen molar-refractivity contribution in [3.63, 3.8) is 0 Å². The Morgan fingerprint density at radius 2 is 1.60 bits per heavy atom. The van der Waals surface area contributed by atoms with Gasteiger partial charge in [0.1, 0.15) is 5.76 Å². The Bertz CT molecular complexity index is 644. The number of benzene rings is 2. The number of hydrogen-bond acceptors (Lipinski definition) is 2. The molecule has 20 heavy (non-hydrogen) atoms. The molecule has 0 saturated heterocycles. The number of hydrogen-bond donors (Lipinski definition) is 1. The molecule has 0 amide bonds. The van der Waals surface area contributed by atoms with E-state index in [9.17, 15) is 0 Å². The highest BCUT2D eigenvalue weighted by Gasteiger charge is 2.04. The van der Waals surface area contributed by atoms with Gasteiger partial charge in [-0.2, -0.15) is 0 Å².